The summed E-state index contributed by atoms with van der Waals surface area (Å²) in [4.78, 5) is 0. The van der Waals surface area contributed by atoms with Crippen LogP contribution in [-0.2, 0) is 0 Å². The average Bonchev–Trinajstić information content (AvgIpc) is 1.00. The molecular weight excluding hydrogens is 60.3 g/mol. The van der Waals surface area contributed by atoms with E-state index < -0.39 is 0 Å². The summed E-state index contributed by atoms with van der Waals surface area (Å²) in [5.41, 5.74) is 0. The Morgan fingerprint density at radius 2 is 1.25 bits per heavy atom. The molecule has 0 heterocycles. The van der Waals surface area contributed by atoms with Gasteiger partial charge >= 0.3 is 23.1 Å². The molecule has 0 aliphatic heterocycles. The van der Waals surface area contributed by atoms with Crippen LogP contribution in [0.2, 0.25) is 0 Å². The van der Waals surface area contributed by atoms with Crippen molar-refractivity contribution in [2.45, 2.75) is 0 Å². The van der Waals surface area contributed by atoms with Crippen LogP contribution >= 0.6 is 0 Å². The van der Waals surface area contributed by atoms with Crippen molar-refractivity contribution in [2.75, 3.05) is 0 Å². The van der Waals surface area contributed by atoms with E-state index in [4.69, 9.17) is 6.42 Å². The largest absolute Gasteiger partial charge is 2.00 e. The number of hydrogen-bond acceptors (Lipinski definition) is 0. The van der Waals surface area contributed by atoms with Gasteiger partial charge in [-0.3, -0.25) is 0 Å². The topological polar surface area (TPSA) is 0 Å². The molecule has 0 spiro atoms. The molecule has 0 saturated carbocycles. The third-order valence-corrected chi connectivity index (χ3v) is 0. The predicted octanol–water partition coefficient (Wildman–Crippen LogP) is 0.275. The fraction of sp³-hybridized carbons (Fsp3) is 0. The Bertz CT molecular complexity index is 8.00. The Hall–Kier alpha value is 0.326. The van der Waals surface area contributed by atoms with Crippen LogP contribution in [0.1, 0.15) is 0 Å². The first kappa shape index (κ1) is 27.2. The first-order valence-electron chi connectivity index (χ1n) is 0.289. The number of terminal acetylenes is 1. The summed E-state index contributed by atoms with van der Waals surface area (Å²) >= 11 is 0. The Labute approximate surface area is 43.7 Å². The van der Waals surface area contributed by atoms with Crippen LogP contribution in [0.3, 0.4) is 0 Å². The van der Waals surface area contributed by atoms with Crippen LogP contribution in [0.15, 0.2) is 0 Å². The van der Waals surface area contributed by atoms with Crippen molar-refractivity contribution in [2.24, 2.45) is 0 Å². The van der Waals surface area contributed by atoms with E-state index in [0.29, 0.717) is 0 Å². The minimum atomic E-state index is 0. The average molecular weight is 64.4 g/mol. The molecule has 4 heavy (non-hydrogen) atoms. The van der Waals surface area contributed by atoms with Crippen molar-refractivity contribution in [1.82, 2.24) is 0 Å². The van der Waals surface area contributed by atoms with Gasteiger partial charge in [0.05, 0.1) is 0 Å². The van der Waals surface area contributed by atoms with Gasteiger partial charge in [0.2, 0.25) is 0 Å². The maximum atomic E-state index is 5.25. The summed E-state index contributed by atoms with van der Waals surface area (Å²) < 4.78 is 0. The van der Waals surface area contributed by atoms with Gasteiger partial charge in [-0.1, -0.05) is 0 Å². The number of rotatable bonds is 0. The molecule has 0 aromatic carbocycles. The van der Waals surface area contributed by atoms with Crippen LogP contribution in [-0.4, -0.2) is 23.1 Å². The molecule has 0 fully saturated rings. The van der Waals surface area contributed by atoms with Gasteiger partial charge in [0.25, 0.3) is 0 Å². The molecule has 0 unspecified atom stereocenters. The summed E-state index contributed by atoms with van der Waals surface area (Å²) in [6, 6.07) is 0. The zero-order valence-corrected chi connectivity index (χ0v) is 4.20. The smallest absolute Gasteiger partial charge is 0.697 e. The molecular formula is C3H4Mg. The zero-order valence-electron chi connectivity index (χ0n) is 2.78. The van der Waals surface area contributed by atoms with Crippen LogP contribution < -0.4 is 0 Å². The van der Waals surface area contributed by atoms with E-state index in [-0.39, 0.29) is 30.5 Å². The van der Waals surface area contributed by atoms with Gasteiger partial charge in [-0.05, 0) is 0 Å². The third kappa shape index (κ3) is 38.4. The molecule has 1 heteroatoms. The normalized spacial score (nSPS) is 0.500. The third-order valence-electron chi connectivity index (χ3n) is 0. The van der Waals surface area contributed by atoms with Crippen molar-refractivity contribution >= 4 is 23.1 Å². The van der Waals surface area contributed by atoms with Gasteiger partial charge in [-0.15, -0.1) is 0 Å². The second-order valence-electron chi connectivity index (χ2n) is 0. The van der Waals surface area contributed by atoms with E-state index in [0.717, 1.165) is 0 Å². The quantitative estimate of drug-likeness (QED) is 0.216. The van der Waals surface area contributed by atoms with Crippen molar-refractivity contribution in [1.29, 1.82) is 0 Å². The molecule has 18 valence electrons. The Morgan fingerprint density at radius 3 is 1.25 bits per heavy atom. The van der Waals surface area contributed by atoms with Crippen LogP contribution in [0.4, 0.5) is 0 Å². The monoisotopic (exact) mass is 64.0 g/mol. The molecule has 0 amide bonds. The Morgan fingerprint density at radius 1 is 1.25 bits per heavy atom. The molecule has 0 rings (SSSR count). The summed E-state index contributed by atoms with van der Waals surface area (Å²) in [5, 5.41) is 0. The molecule has 0 aliphatic carbocycles. The van der Waals surface area contributed by atoms with E-state index >= 15 is 0 Å². The van der Waals surface area contributed by atoms with Gasteiger partial charge in [-0.2, -0.15) is 0 Å². The van der Waals surface area contributed by atoms with Crippen molar-refractivity contribution in [3.63, 3.8) is 0 Å². The second kappa shape index (κ2) is 169. The van der Waals surface area contributed by atoms with Crippen LogP contribution in [0, 0.1) is 20.3 Å². The fourth-order valence-electron chi connectivity index (χ4n) is 0. The summed E-state index contributed by atoms with van der Waals surface area (Å²) in [6.07, 6.45) is 9.00. The van der Waals surface area contributed by atoms with Crippen molar-refractivity contribution < 1.29 is 0 Å². The first-order chi connectivity index (χ1) is 1.00. The van der Waals surface area contributed by atoms with Gasteiger partial charge < -0.3 is 20.3 Å². The fourth-order valence-corrected chi connectivity index (χ4v) is 0. The van der Waals surface area contributed by atoms with Crippen molar-refractivity contribution in [3.8, 4) is 6.42 Å². The molecule has 0 atom stereocenters. The van der Waals surface area contributed by atoms with Crippen molar-refractivity contribution in [3.05, 3.63) is 13.9 Å². The van der Waals surface area contributed by atoms with Crippen LogP contribution in [0.5, 0.6) is 0 Å². The van der Waals surface area contributed by atoms with Gasteiger partial charge in [-0.25, -0.2) is 0 Å². The minimum absolute atomic E-state index is 0. The van der Waals surface area contributed by atoms with E-state index in [9.17, 15) is 0 Å². The minimum Gasteiger partial charge on any atom is -0.697 e. The zero-order chi connectivity index (χ0) is 2.00. The molecule has 0 radical (unpaired) electrons. The molecule has 0 aliphatic rings. The summed E-state index contributed by atoms with van der Waals surface area (Å²) in [7, 11) is 0. The Balaban J connectivity index is -0.00000000500. The summed E-state index contributed by atoms with van der Waals surface area (Å²) in [6.45, 7) is 0. The maximum Gasteiger partial charge on any atom is 2.00 e. The standard InChI is InChI=1S/C2H.CH3.Mg/c1-2;;/h1H;1H3;/q2*-1;+2. The molecule has 0 aromatic rings. The molecule has 0 saturated heterocycles. The molecule has 0 nitrogen and oxygen atoms in total. The van der Waals surface area contributed by atoms with Gasteiger partial charge in [0, 0.05) is 0 Å². The van der Waals surface area contributed by atoms with E-state index in [1.807, 2.05) is 0 Å². The van der Waals surface area contributed by atoms with Gasteiger partial charge in [0.1, 0.15) is 0 Å². The van der Waals surface area contributed by atoms with E-state index in [1.54, 1.807) is 0 Å². The van der Waals surface area contributed by atoms with Crippen LogP contribution in [0.25, 0.3) is 0 Å². The molecule has 0 N–H and O–H groups in total. The van der Waals surface area contributed by atoms with E-state index in [2.05, 4.69) is 6.42 Å². The predicted molar refractivity (Wildman–Crippen MR) is 20.4 cm³/mol. The van der Waals surface area contributed by atoms with Gasteiger partial charge in [0.15, 0.2) is 0 Å². The SMILES string of the molecule is [C-]#C.[CH3-].[Mg+2]. The number of hydrogen-bond donors (Lipinski definition) is 0. The maximum absolute atomic E-state index is 5.25. The van der Waals surface area contributed by atoms with E-state index in [1.165, 1.54) is 0 Å². The second-order valence-corrected chi connectivity index (χ2v) is 0. The Kier molecular flexibility index (Phi) is 1150. The first-order valence-corrected chi connectivity index (χ1v) is 0.289. The molecule has 0 aromatic heterocycles. The molecule has 0 bridgehead atoms. The summed E-state index contributed by atoms with van der Waals surface area (Å²) in [5.74, 6) is 0.